The number of rotatable bonds is 6. The third-order valence-corrected chi connectivity index (χ3v) is 4.63. The Balaban J connectivity index is 1.95. The predicted molar refractivity (Wildman–Crippen MR) is 106 cm³/mol. The summed E-state index contributed by atoms with van der Waals surface area (Å²) in [5.74, 6) is -1.11. The Kier molecular flexibility index (Phi) is 6.26. The lowest BCUT2D eigenvalue weighted by Gasteiger charge is -2.15. The molecule has 0 fully saturated rings. The molecule has 0 aliphatic rings. The number of benzene rings is 2. The molecule has 1 heterocycles. The van der Waals surface area contributed by atoms with Crippen LogP contribution >= 0.6 is 27.5 Å². The van der Waals surface area contributed by atoms with Crippen molar-refractivity contribution in [1.29, 1.82) is 0 Å². The molecule has 140 valence electrons. The minimum absolute atomic E-state index is 0.0121. The van der Waals surface area contributed by atoms with E-state index >= 15 is 0 Å². The van der Waals surface area contributed by atoms with Gasteiger partial charge in [0.1, 0.15) is 6.61 Å². The largest absolute Gasteiger partial charge is 0.467 e. The maximum absolute atomic E-state index is 14.7. The van der Waals surface area contributed by atoms with Gasteiger partial charge in [-0.05, 0) is 30.3 Å². The minimum atomic E-state index is -0.601. The van der Waals surface area contributed by atoms with Crippen LogP contribution in [0.1, 0.15) is 5.56 Å². The Hall–Kier alpha value is -2.22. The lowest BCUT2D eigenvalue weighted by Crippen LogP contribution is -2.11. The number of hydrogen-bond acceptors (Lipinski definition) is 5. The molecule has 1 aromatic heterocycles. The predicted octanol–water partition coefficient (Wildman–Crippen LogP) is 5.22. The number of fused-ring (bicyclic) bond motifs is 1. The van der Waals surface area contributed by atoms with Crippen LogP contribution in [0.2, 0.25) is 5.02 Å². The zero-order chi connectivity index (χ0) is 19.4. The molecule has 0 saturated heterocycles. The van der Waals surface area contributed by atoms with Crippen molar-refractivity contribution in [2.24, 2.45) is 0 Å². The van der Waals surface area contributed by atoms with E-state index in [1.807, 2.05) is 18.2 Å². The number of nitrogens with zero attached hydrogens (tertiary/aromatic N) is 1. The van der Waals surface area contributed by atoms with Gasteiger partial charge < -0.3 is 14.8 Å². The molecule has 0 saturated carbocycles. The topological polar surface area (TPSA) is 60.5 Å². The SMILES string of the molecule is COC(=O)COCc1ccc(Cl)c(F)c1Nc1ccnc2ccc(Br)cc12. The standard InChI is InChI=1S/C19H15BrClFN2O3/c1-26-17(25)10-27-9-11-2-4-14(21)18(22)19(11)24-16-6-7-23-15-5-3-12(20)8-13(15)16/h2-8H,9-10H2,1H3,(H,23,24). The number of carbonyl (C=O) groups is 1. The first-order valence-corrected chi connectivity index (χ1v) is 9.09. The second-order valence-electron chi connectivity index (χ2n) is 5.61. The molecule has 0 aliphatic heterocycles. The summed E-state index contributed by atoms with van der Waals surface area (Å²) in [6, 6.07) is 10.5. The lowest BCUT2D eigenvalue weighted by atomic mass is 10.1. The molecule has 0 unspecified atom stereocenters. The summed E-state index contributed by atoms with van der Waals surface area (Å²) in [5, 5.41) is 3.88. The molecule has 5 nitrogen and oxygen atoms in total. The number of anilines is 2. The molecule has 0 radical (unpaired) electrons. The van der Waals surface area contributed by atoms with Gasteiger partial charge in [-0.25, -0.2) is 9.18 Å². The summed E-state index contributed by atoms with van der Waals surface area (Å²) in [6.45, 7) is -0.219. The van der Waals surface area contributed by atoms with Crippen molar-refractivity contribution in [3.05, 3.63) is 63.5 Å². The summed E-state index contributed by atoms with van der Waals surface area (Å²) in [4.78, 5) is 15.5. The van der Waals surface area contributed by atoms with Crippen molar-refractivity contribution in [2.75, 3.05) is 19.0 Å². The zero-order valence-electron chi connectivity index (χ0n) is 14.3. The first-order chi connectivity index (χ1) is 13.0. The van der Waals surface area contributed by atoms with Gasteiger partial charge in [0.2, 0.25) is 0 Å². The van der Waals surface area contributed by atoms with Crippen molar-refractivity contribution >= 4 is 55.8 Å². The molecule has 2 aromatic carbocycles. The van der Waals surface area contributed by atoms with E-state index in [0.29, 0.717) is 11.3 Å². The van der Waals surface area contributed by atoms with Crippen LogP contribution in [-0.2, 0) is 20.9 Å². The molecule has 0 aliphatic carbocycles. The van der Waals surface area contributed by atoms with E-state index in [4.69, 9.17) is 16.3 Å². The van der Waals surface area contributed by atoms with Crippen LogP contribution in [0.3, 0.4) is 0 Å². The third-order valence-electron chi connectivity index (χ3n) is 3.85. The molecule has 0 spiro atoms. The number of ether oxygens (including phenoxy) is 2. The van der Waals surface area contributed by atoms with E-state index in [2.05, 4.69) is 31.0 Å². The van der Waals surface area contributed by atoms with Gasteiger partial charge in [0, 0.05) is 27.3 Å². The summed E-state index contributed by atoms with van der Waals surface area (Å²) in [6.07, 6.45) is 1.63. The Bertz CT molecular complexity index is 1000. The molecular weight excluding hydrogens is 439 g/mol. The average molecular weight is 454 g/mol. The van der Waals surface area contributed by atoms with Crippen LogP contribution in [0.4, 0.5) is 15.8 Å². The van der Waals surface area contributed by atoms with E-state index in [1.165, 1.54) is 13.2 Å². The number of halogens is 3. The molecule has 8 heteroatoms. The van der Waals surface area contributed by atoms with Gasteiger partial charge in [0.15, 0.2) is 5.82 Å². The van der Waals surface area contributed by atoms with Crippen molar-refractivity contribution in [1.82, 2.24) is 4.98 Å². The maximum atomic E-state index is 14.7. The Morgan fingerprint density at radius 2 is 2.11 bits per heavy atom. The molecular formula is C19H15BrClFN2O3. The van der Waals surface area contributed by atoms with Crippen molar-refractivity contribution in [2.45, 2.75) is 6.61 Å². The Labute approximate surface area is 168 Å². The first kappa shape index (κ1) is 19.5. The van der Waals surface area contributed by atoms with Gasteiger partial charge in [-0.1, -0.05) is 33.6 Å². The smallest absolute Gasteiger partial charge is 0.331 e. The Morgan fingerprint density at radius 3 is 2.89 bits per heavy atom. The fourth-order valence-corrected chi connectivity index (χ4v) is 3.03. The molecule has 1 N–H and O–H groups in total. The van der Waals surface area contributed by atoms with E-state index in [-0.39, 0.29) is 23.9 Å². The van der Waals surface area contributed by atoms with E-state index in [1.54, 1.807) is 18.3 Å². The molecule has 3 rings (SSSR count). The van der Waals surface area contributed by atoms with Gasteiger partial charge in [-0.3, -0.25) is 4.98 Å². The highest BCUT2D eigenvalue weighted by atomic mass is 79.9. The number of esters is 1. The first-order valence-electron chi connectivity index (χ1n) is 7.92. The van der Waals surface area contributed by atoms with Gasteiger partial charge in [-0.15, -0.1) is 0 Å². The van der Waals surface area contributed by atoms with E-state index in [9.17, 15) is 9.18 Å². The minimum Gasteiger partial charge on any atom is -0.467 e. The fourth-order valence-electron chi connectivity index (χ4n) is 2.51. The highest BCUT2D eigenvalue weighted by Crippen LogP contribution is 2.33. The molecule has 27 heavy (non-hydrogen) atoms. The van der Waals surface area contributed by atoms with Gasteiger partial charge in [0.25, 0.3) is 0 Å². The van der Waals surface area contributed by atoms with Crippen LogP contribution < -0.4 is 5.32 Å². The second-order valence-corrected chi connectivity index (χ2v) is 6.93. The number of aromatic nitrogens is 1. The third kappa shape index (κ3) is 4.55. The Morgan fingerprint density at radius 1 is 1.30 bits per heavy atom. The average Bonchev–Trinajstić information content (AvgIpc) is 2.67. The van der Waals surface area contributed by atoms with Crippen molar-refractivity contribution in [3.8, 4) is 0 Å². The highest BCUT2D eigenvalue weighted by Gasteiger charge is 2.15. The van der Waals surface area contributed by atoms with E-state index < -0.39 is 11.8 Å². The van der Waals surface area contributed by atoms with Crippen molar-refractivity contribution in [3.63, 3.8) is 0 Å². The van der Waals surface area contributed by atoms with Crippen LogP contribution in [0, 0.1) is 5.82 Å². The second kappa shape index (κ2) is 8.65. The highest BCUT2D eigenvalue weighted by molar-refractivity contribution is 9.10. The normalized spacial score (nSPS) is 10.8. The van der Waals surface area contributed by atoms with Crippen LogP contribution in [0.25, 0.3) is 10.9 Å². The number of hydrogen-bond donors (Lipinski definition) is 1. The molecule has 0 atom stereocenters. The monoisotopic (exact) mass is 452 g/mol. The molecule has 0 bridgehead atoms. The zero-order valence-corrected chi connectivity index (χ0v) is 16.6. The summed E-state index contributed by atoms with van der Waals surface area (Å²) < 4.78 is 25.4. The summed E-state index contributed by atoms with van der Waals surface area (Å²) in [5.41, 5.74) is 2.12. The van der Waals surface area contributed by atoms with Gasteiger partial charge >= 0.3 is 5.97 Å². The van der Waals surface area contributed by atoms with Gasteiger partial charge in [-0.2, -0.15) is 0 Å². The molecule has 0 amide bonds. The quantitative estimate of drug-likeness (QED) is 0.518. The number of methoxy groups -OCH3 is 1. The number of pyridine rings is 1. The molecule has 3 aromatic rings. The summed E-state index contributed by atoms with van der Waals surface area (Å²) in [7, 11) is 1.27. The van der Waals surface area contributed by atoms with Crippen LogP contribution in [0.15, 0.2) is 47.1 Å². The summed E-state index contributed by atoms with van der Waals surface area (Å²) >= 11 is 9.39. The number of nitrogens with one attached hydrogen (secondary N) is 1. The fraction of sp³-hybridized carbons (Fsp3) is 0.158. The lowest BCUT2D eigenvalue weighted by molar-refractivity contribution is -0.146. The van der Waals surface area contributed by atoms with Gasteiger partial charge in [0.05, 0.1) is 29.9 Å². The van der Waals surface area contributed by atoms with E-state index in [0.717, 1.165) is 15.4 Å². The number of carbonyl (C=O) groups excluding carboxylic acids is 1. The maximum Gasteiger partial charge on any atom is 0.331 e. The van der Waals surface area contributed by atoms with Crippen molar-refractivity contribution < 1.29 is 18.7 Å². The van der Waals surface area contributed by atoms with Crippen LogP contribution in [-0.4, -0.2) is 24.7 Å². The van der Waals surface area contributed by atoms with Crippen LogP contribution in [0.5, 0.6) is 0 Å².